The lowest BCUT2D eigenvalue weighted by molar-refractivity contribution is 0.459. The molecule has 1 aromatic carbocycles. The first kappa shape index (κ1) is 11.9. The van der Waals surface area contributed by atoms with Crippen molar-refractivity contribution in [1.29, 1.82) is 0 Å². The van der Waals surface area contributed by atoms with Crippen molar-refractivity contribution in [3.8, 4) is 11.6 Å². The summed E-state index contributed by atoms with van der Waals surface area (Å²) in [4.78, 5) is 8.50. The number of aromatic nitrogens is 2. The zero-order valence-electron chi connectivity index (χ0n) is 10.1. The van der Waals surface area contributed by atoms with Crippen molar-refractivity contribution in [3.05, 3.63) is 60.4 Å². The van der Waals surface area contributed by atoms with Crippen molar-refractivity contribution >= 4 is 22.5 Å². The predicted molar refractivity (Wildman–Crippen MR) is 75.6 cm³/mol. The topological polar surface area (TPSA) is 35.0 Å². The zero-order valence-corrected chi connectivity index (χ0v) is 10.8. The molecule has 3 rings (SSSR count). The number of benzene rings is 1. The highest BCUT2D eigenvalue weighted by molar-refractivity contribution is 6.17. The Morgan fingerprint density at radius 1 is 1.00 bits per heavy atom. The van der Waals surface area contributed by atoms with Gasteiger partial charge in [0.1, 0.15) is 5.75 Å². The molecule has 4 heteroatoms. The molecule has 0 bridgehead atoms. The minimum Gasteiger partial charge on any atom is -0.439 e. The van der Waals surface area contributed by atoms with Crippen molar-refractivity contribution in [1.82, 2.24) is 9.97 Å². The summed E-state index contributed by atoms with van der Waals surface area (Å²) in [5.41, 5.74) is 1.76. The number of alkyl halides is 1. The molecular weight excluding hydrogens is 260 g/mol. The Labute approximate surface area is 115 Å². The third-order valence-electron chi connectivity index (χ3n) is 2.79. The molecule has 0 radical (unpaired) electrons. The Bertz CT molecular complexity index is 715. The second-order valence-electron chi connectivity index (χ2n) is 4.06. The Hall–Kier alpha value is -2.13. The summed E-state index contributed by atoms with van der Waals surface area (Å²) in [5.74, 6) is 1.61. The van der Waals surface area contributed by atoms with E-state index in [9.17, 15) is 0 Å². The first-order chi connectivity index (χ1) is 9.36. The Balaban J connectivity index is 1.96. The van der Waals surface area contributed by atoms with E-state index in [1.54, 1.807) is 12.4 Å². The molecule has 0 fully saturated rings. The van der Waals surface area contributed by atoms with Gasteiger partial charge in [-0.1, -0.05) is 12.1 Å². The lowest BCUT2D eigenvalue weighted by atomic mass is 10.2. The second kappa shape index (κ2) is 5.24. The normalized spacial score (nSPS) is 10.6. The van der Waals surface area contributed by atoms with E-state index >= 15 is 0 Å². The predicted octanol–water partition coefficient (Wildman–Crippen LogP) is 4.16. The summed E-state index contributed by atoms with van der Waals surface area (Å²) in [6, 6.07) is 13.4. The number of halogens is 1. The number of pyridine rings is 2. The zero-order chi connectivity index (χ0) is 13.1. The molecule has 0 amide bonds. The highest BCUT2D eigenvalue weighted by Crippen LogP contribution is 2.26. The first-order valence-electron chi connectivity index (χ1n) is 5.89. The van der Waals surface area contributed by atoms with E-state index in [4.69, 9.17) is 16.3 Å². The Morgan fingerprint density at radius 2 is 1.84 bits per heavy atom. The van der Waals surface area contributed by atoms with E-state index in [0.717, 1.165) is 16.5 Å². The van der Waals surface area contributed by atoms with Crippen LogP contribution in [-0.4, -0.2) is 9.97 Å². The minimum atomic E-state index is 0.370. The van der Waals surface area contributed by atoms with Crippen LogP contribution in [0.15, 0.2) is 54.9 Å². The molecule has 0 saturated carbocycles. The largest absolute Gasteiger partial charge is 0.439 e. The molecule has 94 valence electrons. The van der Waals surface area contributed by atoms with E-state index in [0.29, 0.717) is 17.5 Å². The van der Waals surface area contributed by atoms with Crippen LogP contribution in [0.3, 0.4) is 0 Å². The summed E-state index contributed by atoms with van der Waals surface area (Å²) < 4.78 is 5.77. The van der Waals surface area contributed by atoms with Gasteiger partial charge in [0.25, 0.3) is 0 Å². The molecule has 2 aromatic heterocycles. The van der Waals surface area contributed by atoms with Crippen molar-refractivity contribution in [2.45, 2.75) is 5.88 Å². The summed E-state index contributed by atoms with van der Waals surface area (Å²) in [7, 11) is 0. The molecule has 0 aliphatic carbocycles. The lowest BCUT2D eigenvalue weighted by Crippen LogP contribution is -1.92. The van der Waals surface area contributed by atoms with Gasteiger partial charge in [0, 0.05) is 29.4 Å². The highest BCUT2D eigenvalue weighted by atomic mass is 35.5. The monoisotopic (exact) mass is 270 g/mol. The second-order valence-corrected chi connectivity index (χ2v) is 4.33. The van der Waals surface area contributed by atoms with Crippen LogP contribution in [0, 0.1) is 0 Å². The van der Waals surface area contributed by atoms with E-state index in [1.807, 2.05) is 42.5 Å². The van der Waals surface area contributed by atoms with Gasteiger partial charge in [0.2, 0.25) is 5.88 Å². The smallest absolute Gasteiger partial charge is 0.223 e. The summed E-state index contributed by atoms with van der Waals surface area (Å²) in [5, 5.41) is 1.08. The van der Waals surface area contributed by atoms with Crippen molar-refractivity contribution < 1.29 is 4.74 Å². The molecule has 3 aromatic rings. The van der Waals surface area contributed by atoms with E-state index < -0.39 is 0 Å². The molecule has 0 spiro atoms. The number of hydrogen-bond acceptors (Lipinski definition) is 3. The van der Waals surface area contributed by atoms with Gasteiger partial charge in [0.15, 0.2) is 0 Å². The van der Waals surface area contributed by atoms with Crippen LogP contribution in [0.2, 0.25) is 0 Å². The van der Waals surface area contributed by atoms with Gasteiger partial charge in [-0.15, -0.1) is 11.6 Å². The highest BCUT2D eigenvalue weighted by Gasteiger charge is 2.05. The molecule has 0 unspecified atom stereocenters. The summed E-state index contributed by atoms with van der Waals surface area (Å²) in [6.45, 7) is 0. The third-order valence-corrected chi connectivity index (χ3v) is 3.07. The van der Waals surface area contributed by atoms with Gasteiger partial charge in [-0.05, 0) is 24.3 Å². The lowest BCUT2D eigenvalue weighted by Gasteiger charge is -2.08. The molecule has 0 aliphatic heterocycles. The molecule has 2 heterocycles. The van der Waals surface area contributed by atoms with Gasteiger partial charge in [-0.2, -0.15) is 0 Å². The maximum absolute atomic E-state index is 5.86. The van der Waals surface area contributed by atoms with Gasteiger partial charge >= 0.3 is 0 Å². The fourth-order valence-electron chi connectivity index (χ4n) is 1.84. The Kier molecular flexibility index (Phi) is 3.29. The quantitative estimate of drug-likeness (QED) is 0.670. The van der Waals surface area contributed by atoms with Crippen LogP contribution in [0.25, 0.3) is 10.9 Å². The molecule has 0 aliphatic rings. The minimum absolute atomic E-state index is 0.370. The maximum Gasteiger partial charge on any atom is 0.223 e. The van der Waals surface area contributed by atoms with Crippen molar-refractivity contribution in [3.63, 3.8) is 0 Å². The fourth-order valence-corrected chi connectivity index (χ4v) is 2.04. The van der Waals surface area contributed by atoms with Crippen LogP contribution in [-0.2, 0) is 5.88 Å². The SMILES string of the molecule is ClCc1cccnc1Oc1ccc2cccnc2c1. The first-order valence-corrected chi connectivity index (χ1v) is 6.43. The maximum atomic E-state index is 5.86. The van der Waals surface area contributed by atoms with Crippen LogP contribution < -0.4 is 4.74 Å². The Morgan fingerprint density at radius 3 is 2.74 bits per heavy atom. The number of nitrogens with zero attached hydrogens (tertiary/aromatic N) is 2. The third kappa shape index (κ3) is 2.51. The molecule has 0 N–H and O–H groups in total. The number of fused-ring (bicyclic) bond motifs is 1. The molecule has 0 saturated heterocycles. The van der Waals surface area contributed by atoms with Gasteiger partial charge in [-0.25, -0.2) is 4.98 Å². The number of ether oxygens (including phenoxy) is 1. The molecule has 3 nitrogen and oxygen atoms in total. The molecule has 0 atom stereocenters. The van der Waals surface area contributed by atoms with E-state index in [1.165, 1.54) is 0 Å². The van der Waals surface area contributed by atoms with E-state index in [2.05, 4.69) is 9.97 Å². The van der Waals surface area contributed by atoms with Crippen LogP contribution in [0.1, 0.15) is 5.56 Å². The average molecular weight is 271 g/mol. The van der Waals surface area contributed by atoms with Crippen LogP contribution in [0.5, 0.6) is 11.6 Å². The van der Waals surface area contributed by atoms with Crippen molar-refractivity contribution in [2.75, 3.05) is 0 Å². The fraction of sp³-hybridized carbons (Fsp3) is 0.0667. The number of rotatable bonds is 3. The van der Waals surface area contributed by atoms with Crippen LogP contribution >= 0.6 is 11.6 Å². The average Bonchev–Trinajstić information content (AvgIpc) is 2.48. The van der Waals surface area contributed by atoms with Crippen molar-refractivity contribution in [2.24, 2.45) is 0 Å². The standard InChI is InChI=1S/C15H11ClN2O/c16-10-12-4-2-8-18-15(12)19-13-6-5-11-3-1-7-17-14(11)9-13/h1-9H,10H2. The number of hydrogen-bond donors (Lipinski definition) is 0. The summed E-state index contributed by atoms with van der Waals surface area (Å²) >= 11 is 5.86. The van der Waals surface area contributed by atoms with Gasteiger partial charge in [0.05, 0.1) is 11.4 Å². The molecule has 19 heavy (non-hydrogen) atoms. The van der Waals surface area contributed by atoms with Gasteiger partial charge in [-0.3, -0.25) is 4.98 Å². The van der Waals surface area contributed by atoms with Crippen LogP contribution in [0.4, 0.5) is 0 Å². The molecular formula is C15H11ClN2O. The van der Waals surface area contributed by atoms with E-state index in [-0.39, 0.29) is 0 Å². The van der Waals surface area contributed by atoms with Gasteiger partial charge < -0.3 is 4.74 Å². The summed E-state index contributed by atoms with van der Waals surface area (Å²) in [6.07, 6.45) is 3.45.